The van der Waals surface area contributed by atoms with Gasteiger partial charge in [-0.2, -0.15) is 0 Å². The number of aliphatic hydroxyl groups is 1. The zero-order valence-corrected chi connectivity index (χ0v) is 13.2. The lowest BCUT2D eigenvalue weighted by atomic mass is 10.1. The second-order valence-electron chi connectivity index (χ2n) is 5.50. The van der Waals surface area contributed by atoms with Gasteiger partial charge in [-0.15, -0.1) is 22.7 Å². The Hall–Kier alpha value is -0.750. The summed E-state index contributed by atoms with van der Waals surface area (Å²) in [6.07, 6.45) is 2.99. The van der Waals surface area contributed by atoms with E-state index in [-0.39, 0.29) is 12.1 Å². The summed E-state index contributed by atoms with van der Waals surface area (Å²) >= 11 is 3.40. The van der Waals surface area contributed by atoms with E-state index >= 15 is 0 Å². The maximum atomic E-state index is 10.1. The Morgan fingerprint density at radius 1 is 1.45 bits per heavy atom. The summed E-state index contributed by atoms with van der Waals surface area (Å²) in [5.41, 5.74) is 1.13. The van der Waals surface area contributed by atoms with Crippen LogP contribution in [0.5, 0.6) is 0 Å². The van der Waals surface area contributed by atoms with E-state index in [2.05, 4.69) is 22.6 Å². The number of thiophene rings is 1. The molecule has 1 aliphatic carbocycles. The summed E-state index contributed by atoms with van der Waals surface area (Å²) in [4.78, 5) is 5.71. The number of nitrogens with zero attached hydrogens (tertiary/aromatic N) is 1. The molecule has 2 N–H and O–H groups in total. The van der Waals surface area contributed by atoms with Crippen molar-refractivity contribution in [1.29, 1.82) is 0 Å². The molecule has 5 heteroatoms. The maximum absolute atomic E-state index is 10.1. The fraction of sp³-hybridized carbons (Fsp3) is 0.533. The lowest BCUT2D eigenvalue weighted by Crippen LogP contribution is -2.27. The molecule has 2 aromatic heterocycles. The molecule has 1 aliphatic rings. The average molecular weight is 308 g/mol. The first-order valence-corrected chi connectivity index (χ1v) is 8.87. The molecule has 2 atom stereocenters. The number of aliphatic hydroxyl groups excluding tert-OH is 1. The molecule has 108 valence electrons. The highest BCUT2D eigenvalue weighted by atomic mass is 32.1. The van der Waals surface area contributed by atoms with E-state index in [0.717, 1.165) is 29.5 Å². The van der Waals surface area contributed by atoms with Gasteiger partial charge in [0.25, 0.3) is 0 Å². The van der Waals surface area contributed by atoms with E-state index < -0.39 is 0 Å². The first kappa shape index (κ1) is 14.2. The highest BCUT2D eigenvalue weighted by Gasteiger charge is 2.26. The molecule has 0 bridgehead atoms. The van der Waals surface area contributed by atoms with Gasteiger partial charge in [-0.05, 0) is 37.6 Å². The fourth-order valence-corrected chi connectivity index (χ4v) is 3.93. The third kappa shape index (κ3) is 3.67. The second-order valence-corrected chi connectivity index (χ2v) is 7.37. The number of hydrogen-bond donors (Lipinski definition) is 2. The van der Waals surface area contributed by atoms with E-state index in [9.17, 15) is 5.11 Å². The van der Waals surface area contributed by atoms with Crippen LogP contribution in [0.2, 0.25) is 0 Å². The number of aromatic nitrogens is 1. The average Bonchev–Trinajstić information content (AvgIpc) is 2.95. The molecule has 1 saturated carbocycles. The number of thiazole rings is 1. The quantitative estimate of drug-likeness (QED) is 0.820. The Morgan fingerprint density at radius 3 is 3.00 bits per heavy atom. The van der Waals surface area contributed by atoms with Gasteiger partial charge >= 0.3 is 0 Å². The van der Waals surface area contributed by atoms with Crippen molar-refractivity contribution in [2.75, 3.05) is 0 Å². The van der Waals surface area contributed by atoms with Crippen molar-refractivity contribution in [3.63, 3.8) is 0 Å². The highest BCUT2D eigenvalue weighted by molar-refractivity contribution is 7.10. The highest BCUT2D eigenvalue weighted by Crippen LogP contribution is 2.41. The van der Waals surface area contributed by atoms with Gasteiger partial charge in [0.1, 0.15) is 0 Å². The van der Waals surface area contributed by atoms with E-state index in [1.54, 1.807) is 22.7 Å². The van der Waals surface area contributed by atoms with Gasteiger partial charge in [0, 0.05) is 28.8 Å². The van der Waals surface area contributed by atoms with Crippen LogP contribution in [0.1, 0.15) is 53.8 Å². The third-order valence-corrected chi connectivity index (χ3v) is 5.61. The number of rotatable bonds is 7. The van der Waals surface area contributed by atoms with Crippen LogP contribution in [0.25, 0.3) is 0 Å². The molecule has 0 saturated heterocycles. The smallest absolute Gasteiger partial charge is 0.0959 e. The minimum Gasteiger partial charge on any atom is -0.388 e. The third-order valence-electron chi connectivity index (χ3n) is 3.58. The van der Waals surface area contributed by atoms with Crippen molar-refractivity contribution in [3.8, 4) is 0 Å². The Morgan fingerprint density at radius 2 is 2.30 bits per heavy atom. The SMILES string of the molecule is CC(CC(O)c1cccs1)NCc1csc(C2CC2)n1. The van der Waals surface area contributed by atoms with Gasteiger partial charge in [-0.25, -0.2) is 4.98 Å². The molecule has 0 amide bonds. The van der Waals surface area contributed by atoms with Crippen molar-refractivity contribution in [3.05, 3.63) is 38.5 Å². The molecule has 0 spiro atoms. The van der Waals surface area contributed by atoms with Gasteiger partial charge in [0.2, 0.25) is 0 Å². The maximum Gasteiger partial charge on any atom is 0.0959 e. The number of hydrogen-bond acceptors (Lipinski definition) is 5. The van der Waals surface area contributed by atoms with Gasteiger partial charge in [-0.1, -0.05) is 6.07 Å². The van der Waals surface area contributed by atoms with E-state index in [1.165, 1.54) is 17.8 Å². The summed E-state index contributed by atoms with van der Waals surface area (Å²) in [7, 11) is 0. The van der Waals surface area contributed by atoms with E-state index in [0.29, 0.717) is 0 Å². The van der Waals surface area contributed by atoms with Crippen LogP contribution in [0.3, 0.4) is 0 Å². The Kier molecular flexibility index (Phi) is 4.51. The van der Waals surface area contributed by atoms with Gasteiger partial charge in [-0.3, -0.25) is 0 Å². The van der Waals surface area contributed by atoms with Crippen molar-refractivity contribution in [1.82, 2.24) is 10.3 Å². The van der Waals surface area contributed by atoms with Crippen molar-refractivity contribution < 1.29 is 5.11 Å². The molecule has 2 heterocycles. The molecule has 20 heavy (non-hydrogen) atoms. The Bertz CT molecular complexity index is 534. The summed E-state index contributed by atoms with van der Waals surface area (Å²) in [5.74, 6) is 0.742. The van der Waals surface area contributed by atoms with E-state index in [1.807, 2.05) is 17.5 Å². The monoisotopic (exact) mass is 308 g/mol. The molecule has 2 aromatic rings. The number of nitrogens with one attached hydrogen (secondary N) is 1. The van der Waals surface area contributed by atoms with Crippen LogP contribution in [0, 0.1) is 0 Å². The molecular formula is C15H20N2OS2. The van der Waals surface area contributed by atoms with Crippen LogP contribution < -0.4 is 5.32 Å². The molecule has 0 radical (unpaired) electrons. The van der Waals surface area contributed by atoms with Crippen LogP contribution >= 0.6 is 22.7 Å². The zero-order valence-electron chi connectivity index (χ0n) is 11.6. The molecule has 2 unspecified atom stereocenters. The molecular weight excluding hydrogens is 288 g/mol. The summed E-state index contributed by atoms with van der Waals surface area (Å²) in [6.45, 7) is 2.91. The largest absolute Gasteiger partial charge is 0.388 e. The molecule has 3 nitrogen and oxygen atoms in total. The predicted octanol–water partition coefficient (Wildman–Crippen LogP) is 3.68. The van der Waals surface area contributed by atoms with Crippen molar-refractivity contribution in [2.24, 2.45) is 0 Å². The van der Waals surface area contributed by atoms with Gasteiger partial charge < -0.3 is 10.4 Å². The van der Waals surface area contributed by atoms with Crippen LogP contribution in [0.4, 0.5) is 0 Å². The van der Waals surface area contributed by atoms with Crippen molar-refractivity contribution in [2.45, 2.75) is 50.8 Å². The topological polar surface area (TPSA) is 45.1 Å². The standard InChI is InChI=1S/C15H20N2OS2/c1-10(7-13(18)14-3-2-6-19-14)16-8-12-9-20-15(17-12)11-4-5-11/h2-3,6,9-11,13,16,18H,4-5,7-8H2,1H3. The molecule has 1 fully saturated rings. The van der Waals surface area contributed by atoms with Crippen LogP contribution in [0.15, 0.2) is 22.9 Å². The fourth-order valence-electron chi connectivity index (χ4n) is 2.22. The molecule has 0 aromatic carbocycles. The summed E-state index contributed by atoms with van der Waals surface area (Å²) in [5, 5.41) is 19.0. The minimum absolute atomic E-state index is 0.276. The van der Waals surface area contributed by atoms with Crippen molar-refractivity contribution >= 4 is 22.7 Å². The summed E-state index contributed by atoms with van der Waals surface area (Å²) in [6, 6.07) is 4.25. The van der Waals surface area contributed by atoms with Crippen LogP contribution in [-0.2, 0) is 6.54 Å². The van der Waals surface area contributed by atoms with E-state index in [4.69, 9.17) is 0 Å². The minimum atomic E-state index is -0.366. The lowest BCUT2D eigenvalue weighted by Gasteiger charge is -2.16. The predicted molar refractivity (Wildman–Crippen MR) is 84.3 cm³/mol. The first-order chi connectivity index (χ1) is 9.72. The van der Waals surface area contributed by atoms with Gasteiger partial charge in [0.05, 0.1) is 16.8 Å². The normalized spacial score (nSPS) is 18.1. The Labute approximate surface area is 127 Å². The first-order valence-electron chi connectivity index (χ1n) is 7.11. The molecule has 0 aliphatic heterocycles. The zero-order chi connectivity index (χ0) is 13.9. The Balaban J connectivity index is 1.45. The van der Waals surface area contributed by atoms with Gasteiger partial charge in [0.15, 0.2) is 0 Å². The van der Waals surface area contributed by atoms with Crippen LogP contribution in [-0.4, -0.2) is 16.1 Å². The second kappa shape index (κ2) is 6.35. The summed E-state index contributed by atoms with van der Waals surface area (Å²) < 4.78 is 0. The molecule has 3 rings (SSSR count). The lowest BCUT2D eigenvalue weighted by molar-refractivity contribution is 0.157.